The minimum absolute atomic E-state index is 0.0627. The quantitative estimate of drug-likeness (QED) is 0.823. The fourth-order valence-corrected chi connectivity index (χ4v) is 2.62. The van der Waals surface area contributed by atoms with Crippen LogP contribution in [0.3, 0.4) is 0 Å². The molecule has 0 spiro atoms. The Kier molecular flexibility index (Phi) is 5.23. The topological polar surface area (TPSA) is 71.2 Å². The molecule has 0 bridgehead atoms. The first-order valence-corrected chi connectivity index (χ1v) is 7.04. The third-order valence-corrected chi connectivity index (χ3v) is 3.78. The molecule has 3 unspecified atom stereocenters. The Hall–Kier alpha value is -0.850. The molecule has 0 aliphatic rings. The molecule has 2 aromatic rings. The first kappa shape index (κ1) is 15.5. The van der Waals surface area contributed by atoms with Crippen molar-refractivity contribution < 1.29 is 10.2 Å². The summed E-state index contributed by atoms with van der Waals surface area (Å²) in [4.78, 5) is 3.80. The minimum Gasteiger partial charge on any atom is -0.390 e. The summed E-state index contributed by atoms with van der Waals surface area (Å²) < 4.78 is 1.35. The van der Waals surface area contributed by atoms with Crippen molar-refractivity contribution in [1.82, 2.24) is 14.8 Å². The van der Waals surface area contributed by atoms with Gasteiger partial charge in [-0.1, -0.05) is 29.3 Å². The monoisotopic (exact) mass is 335 g/mol. The van der Waals surface area contributed by atoms with E-state index in [1.54, 1.807) is 12.1 Å². The average Bonchev–Trinajstić information content (AvgIpc) is 2.92. The summed E-state index contributed by atoms with van der Waals surface area (Å²) in [7, 11) is 0. The zero-order chi connectivity index (χ0) is 14.7. The number of halogens is 3. The maximum atomic E-state index is 10.5. The summed E-state index contributed by atoms with van der Waals surface area (Å²) in [5.74, 6) is -0.0627. The van der Waals surface area contributed by atoms with E-state index in [0.717, 1.165) is 0 Å². The number of aromatic nitrogens is 3. The molecule has 1 heterocycles. The van der Waals surface area contributed by atoms with Crippen molar-refractivity contribution in [2.75, 3.05) is 5.88 Å². The molecule has 0 saturated heterocycles. The van der Waals surface area contributed by atoms with Gasteiger partial charge in [0.25, 0.3) is 0 Å². The molecule has 0 saturated carbocycles. The first-order chi connectivity index (χ1) is 9.54. The highest BCUT2D eigenvalue weighted by Crippen LogP contribution is 2.34. The minimum atomic E-state index is -1.10. The van der Waals surface area contributed by atoms with Crippen molar-refractivity contribution in [1.29, 1.82) is 0 Å². The zero-order valence-corrected chi connectivity index (χ0v) is 12.5. The third kappa shape index (κ3) is 3.24. The van der Waals surface area contributed by atoms with Crippen molar-refractivity contribution in [3.05, 3.63) is 46.5 Å². The van der Waals surface area contributed by atoms with E-state index in [-0.39, 0.29) is 5.88 Å². The fourth-order valence-electron chi connectivity index (χ4n) is 1.92. The average molecular weight is 337 g/mol. The number of alkyl halides is 1. The molecule has 2 rings (SSSR count). The molecule has 3 atom stereocenters. The van der Waals surface area contributed by atoms with E-state index < -0.39 is 18.2 Å². The number of hydrogen-bond acceptors (Lipinski definition) is 4. The van der Waals surface area contributed by atoms with E-state index in [1.165, 1.54) is 23.4 Å². The van der Waals surface area contributed by atoms with Gasteiger partial charge in [-0.2, -0.15) is 5.10 Å². The molecule has 0 radical (unpaired) electrons. The van der Waals surface area contributed by atoms with E-state index in [4.69, 9.17) is 34.8 Å². The molecule has 108 valence electrons. The lowest BCUT2D eigenvalue weighted by Crippen LogP contribution is -2.31. The van der Waals surface area contributed by atoms with Gasteiger partial charge < -0.3 is 10.2 Å². The van der Waals surface area contributed by atoms with Crippen LogP contribution in [0.2, 0.25) is 10.0 Å². The van der Waals surface area contributed by atoms with E-state index in [2.05, 4.69) is 10.1 Å². The highest BCUT2D eigenvalue weighted by molar-refractivity contribution is 6.35. The lowest BCUT2D eigenvalue weighted by atomic mass is 9.98. The Balaban J connectivity index is 2.38. The predicted molar refractivity (Wildman–Crippen MR) is 77.2 cm³/mol. The number of aliphatic hydroxyl groups excluding tert-OH is 2. The van der Waals surface area contributed by atoms with Gasteiger partial charge in [-0.05, 0) is 12.1 Å². The van der Waals surface area contributed by atoms with Gasteiger partial charge in [0.1, 0.15) is 24.8 Å². The molecular weight excluding hydrogens is 325 g/mol. The van der Waals surface area contributed by atoms with Crippen LogP contribution in [-0.2, 0) is 0 Å². The lowest BCUT2D eigenvalue weighted by Gasteiger charge is -2.27. The van der Waals surface area contributed by atoms with E-state index in [9.17, 15) is 10.2 Å². The molecule has 20 heavy (non-hydrogen) atoms. The third-order valence-electron chi connectivity index (χ3n) is 2.90. The molecule has 2 N–H and O–H groups in total. The van der Waals surface area contributed by atoms with Crippen LogP contribution in [0.15, 0.2) is 30.9 Å². The van der Waals surface area contributed by atoms with E-state index in [0.29, 0.717) is 15.6 Å². The second-order valence-corrected chi connectivity index (χ2v) is 5.35. The van der Waals surface area contributed by atoms with Gasteiger partial charge >= 0.3 is 0 Å². The van der Waals surface area contributed by atoms with Gasteiger partial charge in [0.05, 0.1) is 12.0 Å². The fraction of sp³-hybridized carbons (Fsp3) is 0.333. The van der Waals surface area contributed by atoms with Crippen LogP contribution in [0.4, 0.5) is 0 Å². The van der Waals surface area contributed by atoms with Crippen LogP contribution in [0.25, 0.3) is 0 Å². The van der Waals surface area contributed by atoms with E-state index in [1.807, 2.05) is 0 Å². The Morgan fingerprint density at radius 2 is 2.00 bits per heavy atom. The number of nitrogens with zero attached hydrogens (tertiary/aromatic N) is 3. The highest BCUT2D eigenvalue weighted by Gasteiger charge is 2.31. The van der Waals surface area contributed by atoms with Gasteiger partial charge in [0.15, 0.2) is 0 Å². The van der Waals surface area contributed by atoms with Crippen molar-refractivity contribution >= 4 is 34.8 Å². The van der Waals surface area contributed by atoms with Crippen LogP contribution in [0, 0.1) is 0 Å². The molecule has 0 aliphatic heterocycles. The number of aliphatic hydroxyl groups is 2. The lowest BCUT2D eigenvalue weighted by molar-refractivity contribution is 0.0233. The van der Waals surface area contributed by atoms with Gasteiger partial charge in [-0.25, -0.2) is 9.67 Å². The number of hydrogen-bond donors (Lipinski definition) is 2. The van der Waals surface area contributed by atoms with Crippen molar-refractivity contribution in [2.24, 2.45) is 0 Å². The summed E-state index contributed by atoms with van der Waals surface area (Å²) in [6.07, 6.45) is 0.591. The Morgan fingerprint density at radius 1 is 1.25 bits per heavy atom. The molecule has 1 aromatic heterocycles. The van der Waals surface area contributed by atoms with Crippen LogP contribution < -0.4 is 0 Å². The molecule has 0 fully saturated rings. The summed E-state index contributed by atoms with van der Waals surface area (Å²) in [6, 6.07) is 3.93. The molecule has 8 heteroatoms. The standard InChI is InChI=1S/C12H12Cl3N3O2/c13-4-10(19)11(18-6-16-5-17-18)12(20)8-2-1-7(14)3-9(8)15/h1-3,5-6,10-12,19-20H,4H2. The number of benzene rings is 1. The first-order valence-electron chi connectivity index (χ1n) is 5.75. The van der Waals surface area contributed by atoms with Crippen LogP contribution in [0.5, 0.6) is 0 Å². The van der Waals surface area contributed by atoms with Crippen LogP contribution >= 0.6 is 34.8 Å². The summed E-state index contributed by atoms with van der Waals surface area (Å²) in [6.45, 7) is 0. The van der Waals surface area contributed by atoms with Gasteiger partial charge in [-0.15, -0.1) is 11.6 Å². The highest BCUT2D eigenvalue weighted by atomic mass is 35.5. The van der Waals surface area contributed by atoms with Crippen molar-refractivity contribution in [3.63, 3.8) is 0 Å². The van der Waals surface area contributed by atoms with Gasteiger partial charge in [0, 0.05) is 15.6 Å². The zero-order valence-electron chi connectivity index (χ0n) is 10.2. The van der Waals surface area contributed by atoms with Crippen LogP contribution in [0.1, 0.15) is 17.7 Å². The smallest absolute Gasteiger partial charge is 0.137 e. The van der Waals surface area contributed by atoms with Crippen LogP contribution in [-0.4, -0.2) is 37.0 Å². The maximum absolute atomic E-state index is 10.5. The molecule has 1 aromatic carbocycles. The van der Waals surface area contributed by atoms with Gasteiger partial charge in [-0.3, -0.25) is 0 Å². The normalized spacial score (nSPS) is 15.8. The Labute approximate surface area is 130 Å². The Morgan fingerprint density at radius 3 is 2.55 bits per heavy atom. The van der Waals surface area contributed by atoms with E-state index >= 15 is 0 Å². The maximum Gasteiger partial charge on any atom is 0.137 e. The molecule has 5 nitrogen and oxygen atoms in total. The SMILES string of the molecule is OC(CCl)C(C(O)c1ccc(Cl)cc1Cl)n1cncn1. The molecular formula is C12H12Cl3N3O2. The summed E-state index contributed by atoms with van der Waals surface area (Å²) in [5.41, 5.74) is 0.431. The largest absolute Gasteiger partial charge is 0.390 e. The Bertz CT molecular complexity index is 565. The summed E-state index contributed by atoms with van der Waals surface area (Å²) >= 11 is 17.6. The molecule has 0 amide bonds. The van der Waals surface area contributed by atoms with Crippen molar-refractivity contribution in [2.45, 2.75) is 18.2 Å². The number of rotatable bonds is 5. The second kappa shape index (κ2) is 6.74. The summed E-state index contributed by atoms with van der Waals surface area (Å²) in [5, 5.41) is 25.2. The van der Waals surface area contributed by atoms with Gasteiger partial charge in [0.2, 0.25) is 0 Å². The predicted octanol–water partition coefficient (Wildman–Crippen LogP) is 2.46. The molecule has 0 aliphatic carbocycles. The second-order valence-electron chi connectivity index (χ2n) is 4.20. The van der Waals surface area contributed by atoms with Crippen molar-refractivity contribution in [3.8, 4) is 0 Å².